The summed E-state index contributed by atoms with van der Waals surface area (Å²) < 4.78 is 27.0. The van der Waals surface area contributed by atoms with Crippen molar-refractivity contribution in [2.24, 2.45) is 0 Å². The number of nitrogens with zero attached hydrogens (tertiary/aromatic N) is 1. The van der Waals surface area contributed by atoms with E-state index >= 15 is 0 Å². The molecule has 1 aromatic carbocycles. The smallest absolute Gasteiger partial charge is 0.275 e. The van der Waals surface area contributed by atoms with Crippen LogP contribution in [-0.2, 0) is 0 Å². The molecule has 0 fully saturated rings. The van der Waals surface area contributed by atoms with Gasteiger partial charge >= 0.3 is 0 Å². The van der Waals surface area contributed by atoms with Gasteiger partial charge in [0.25, 0.3) is 5.91 Å². The lowest BCUT2D eigenvalue weighted by atomic mass is 10.3. The van der Waals surface area contributed by atoms with Crippen molar-refractivity contribution in [1.29, 1.82) is 0 Å². The third-order valence-electron chi connectivity index (χ3n) is 2.67. The Kier molecular flexibility index (Phi) is 3.76. The quantitative estimate of drug-likeness (QED) is 0.776. The lowest BCUT2D eigenvalue weighted by Crippen LogP contribution is -2.14. The van der Waals surface area contributed by atoms with E-state index in [9.17, 15) is 13.6 Å². The summed E-state index contributed by atoms with van der Waals surface area (Å²) in [6.45, 7) is 0. The zero-order valence-corrected chi connectivity index (χ0v) is 12.1. The van der Waals surface area contributed by atoms with Gasteiger partial charge in [0.05, 0.1) is 4.88 Å². The second-order valence-electron chi connectivity index (χ2n) is 4.07. The first kappa shape index (κ1) is 13.8. The average molecular weight is 322 g/mol. The van der Waals surface area contributed by atoms with Gasteiger partial charge in [-0.2, -0.15) is 0 Å². The van der Waals surface area contributed by atoms with Crippen molar-refractivity contribution in [3.8, 4) is 9.88 Å². The highest BCUT2D eigenvalue weighted by molar-refractivity contribution is 7.20. The predicted molar refractivity (Wildman–Crippen MR) is 79.7 cm³/mol. The van der Waals surface area contributed by atoms with E-state index in [1.54, 1.807) is 5.38 Å². The number of hydrogen-bond acceptors (Lipinski definition) is 4. The van der Waals surface area contributed by atoms with Gasteiger partial charge in [-0.05, 0) is 23.6 Å². The minimum atomic E-state index is -0.822. The molecule has 0 spiro atoms. The molecule has 0 unspecified atom stereocenters. The first-order chi connectivity index (χ1) is 10.1. The molecular formula is C14H8F2N2OS2. The summed E-state index contributed by atoms with van der Waals surface area (Å²) in [7, 11) is 0. The molecule has 0 aliphatic rings. The highest BCUT2D eigenvalue weighted by atomic mass is 32.1. The molecule has 2 heterocycles. The van der Waals surface area contributed by atoms with Crippen LogP contribution in [0.5, 0.6) is 0 Å². The SMILES string of the molecule is O=C(Nc1c(F)cccc1F)c1csc(-c2cccs2)n1. The molecule has 0 radical (unpaired) electrons. The van der Waals surface area contributed by atoms with Gasteiger partial charge in [-0.1, -0.05) is 12.1 Å². The summed E-state index contributed by atoms with van der Waals surface area (Å²) in [6, 6.07) is 7.17. The van der Waals surface area contributed by atoms with Gasteiger partial charge in [-0.3, -0.25) is 4.79 Å². The molecule has 2 aromatic heterocycles. The molecule has 0 saturated heterocycles. The van der Waals surface area contributed by atoms with Crippen LogP contribution in [0.2, 0.25) is 0 Å². The maximum absolute atomic E-state index is 13.5. The Labute approximate surface area is 126 Å². The van der Waals surface area contributed by atoms with Crippen molar-refractivity contribution in [2.75, 3.05) is 5.32 Å². The minimum absolute atomic E-state index is 0.131. The van der Waals surface area contributed by atoms with Crippen LogP contribution in [0.1, 0.15) is 10.5 Å². The molecule has 0 aliphatic carbocycles. The van der Waals surface area contributed by atoms with E-state index in [4.69, 9.17) is 0 Å². The average Bonchev–Trinajstić information content (AvgIpc) is 3.12. The fraction of sp³-hybridized carbons (Fsp3) is 0. The second-order valence-corrected chi connectivity index (χ2v) is 5.87. The lowest BCUT2D eigenvalue weighted by Gasteiger charge is -2.05. The van der Waals surface area contributed by atoms with Crippen molar-refractivity contribution < 1.29 is 13.6 Å². The van der Waals surface area contributed by atoms with Crippen molar-refractivity contribution in [3.63, 3.8) is 0 Å². The standard InChI is InChI=1S/C14H8F2N2OS2/c15-8-3-1-4-9(16)12(8)18-13(19)10-7-21-14(17-10)11-5-2-6-20-11/h1-7H,(H,18,19). The van der Waals surface area contributed by atoms with Gasteiger partial charge in [0.15, 0.2) is 0 Å². The van der Waals surface area contributed by atoms with Crippen LogP contribution in [-0.4, -0.2) is 10.9 Å². The highest BCUT2D eigenvalue weighted by Crippen LogP contribution is 2.28. The van der Waals surface area contributed by atoms with E-state index in [0.717, 1.165) is 17.0 Å². The Hall–Kier alpha value is -2.12. The molecule has 3 rings (SSSR count). The number of para-hydroxylation sites is 1. The van der Waals surface area contributed by atoms with E-state index in [2.05, 4.69) is 10.3 Å². The molecule has 1 amide bonds. The van der Waals surface area contributed by atoms with Crippen LogP contribution in [0.4, 0.5) is 14.5 Å². The number of nitrogens with one attached hydrogen (secondary N) is 1. The van der Waals surface area contributed by atoms with Crippen LogP contribution in [0, 0.1) is 11.6 Å². The maximum atomic E-state index is 13.5. The molecule has 7 heteroatoms. The number of halogens is 2. The van der Waals surface area contributed by atoms with Gasteiger partial charge < -0.3 is 5.32 Å². The summed E-state index contributed by atoms with van der Waals surface area (Å²) in [5.74, 6) is -2.29. The number of benzene rings is 1. The Bertz CT molecular complexity index is 764. The molecule has 0 bridgehead atoms. The third-order valence-corrected chi connectivity index (χ3v) is 4.55. The first-order valence-electron chi connectivity index (χ1n) is 5.90. The number of rotatable bonds is 3. The maximum Gasteiger partial charge on any atom is 0.275 e. The molecule has 3 aromatic rings. The van der Waals surface area contributed by atoms with Crippen LogP contribution in [0.15, 0.2) is 41.1 Å². The van der Waals surface area contributed by atoms with Gasteiger partial charge in [0.2, 0.25) is 0 Å². The summed E-state index contributed by atoms with van der Waals surface area (Å²) >= 11 is 2.81. The Balaban J connectivity index is 1.83. The highest BCUT2D eigenvalue weighted by Gasteiger charge is 2.16. The van der Waals surface area contributed by atoms with Gasteiger partial charge in [-0.15, -0.1) is 22.7 Å². The number of thiazole rings is 1. The molecule has 0 atom stereocenters. The minimum Gasteiger partial charge on any atom is -0.316 e. The number of anilines is 1. The molecule has 0 aliphatic heterocycles. The Morgan fingerprint density at radius 1 is 1.10 bits per heavy atom. The van der Waals surface area contributed by atoms with Crippen LogP contribution >= 0.6 is 22.7 Å². The Morgan fingerprint density at radius 2 is 1.86 bits per heavy atom. The normalized spacial score (nSPS) is 10.6. The zero-order chi connectivity index (χ0) is 14.8. The number of aromatic nitrogens is 1. The van der Waals surface area contributed by atoms with Crippen molar-refractivity contribution >= 4 is 34.3 Å². The summed E-state index contributed by atoms with van der Waals surface area (Å²) in [5.41, 5.74) is -0.334. The fourth-order valence-electron chi connectivity index (χ4n) is 1.69. The molecular weight excluding hydrogens is 314 g/mol. The zero-order valence-electron chi connectivity index (χ0n) is 10.5. The van der Waals surface area contributed by atoms with E-state index < -0.39 is 23.2 Å². The van der Waals surface area contributed by atoms with E-state index in [1.165, 1.54) is 28.7 Å². The van der Waals surface area contributed by atoms with E-state index in [0.29, 0.717) is 5.01 Å². The number of hydrogen-bond donors (Lipinski definition) is 1. The fourth-order valence-corrected chi connectivity index (χ4v) is 3.30. The van der Waals surface area contributed by atoms with Gasteiger partial charge in [0.1, 0.15) is 28.0 Å². The summed E-state index contributed by atoms with van der Waals surface area (Å²) in [4.78, 5) is 17.1. The number of thiophene rings is 1. The first-order valence-corrected chi connectivity index (χ1v) is 7.66. The van der Waals surface area contributed by atoms with E-state index in [1.807, 2.05) is 17.5 Å². The number of carbonyl (C=O) groups is 1. The Morgan fingerprint density at radius 3 is 2.52 bits per heavy atom. The van der Waals surface area contributed by atoms with Gasteiger partial charge in [-0.25, -0.2) is 13.8 Å². The molecule has 3 nitrogen and oxygen atoms in total. The monoisotopic (exact) mass is 322 g/mol. The van der Waals surface area contributed by atoms with Crippen LogP contribution < -0.4 is 5.32 Å². The molecule has 21 heavy (non-hydrogen) atoms. The van der Waals surface area contributed by atoms with Crippen LogP contribution in [0.25, 0.3) is 9.88 Å². The molecule has 1 N–H and O–H groups in total. The summed E-state index contributed by atoms with van der Waals surface area (Å²) in [5, 5.41) is 6.38. The lowest BCUT2D eigenvalue weighted by molar-refractivity contribution is 0.102. The van der Waals surface area contributed by atoms with Crippen LogP contribution in [0.3, 0.4) is 0 Å². The van der Waals surface area contributed by atoms with Crippen molar-refractivity contribution in [1.82, 2.24) is 4.98 Å². The molecule has 106 valence electrons. The summed E-state index contributed by atoms with van der Waals surface area (Å²) in [6.07, 6.45) is 0. The third kappa shape index (κ3) is 2.84. The largest absolute Gasteiger partial charge is 0.316 e. The number of amides is 1. The second kappa shape index (κ2) is 5.71. The van der Waals surface area contributed by atoms with Crippen molar-refractivity contribution in [3.05, 3.63) is 58.4 Å². The topological polar surface area (TPSA) is 42.0 Å². The van der Waals surface area contributed by atoms with Crippen molar-refractivity contribution in [2.45, 2.75) is 0 Å². The predicted octanol–water partition coefficient (Wildman–Crippen LogP) is 4.40. The number of carbonyl (C=O) groups excluding carboxylic acids is 1. The molecule has 0 saturated carbocycles. The van der Waals surface area contributed by atoms with Gasteiger partial charge in [0, 0.05) is 5.38 Å². The van der Waals surface area contributed by atoms with E-state index in [-0.39, 0.29) is 5.69 Å².